The van der Waals surface area contributed by atoms with Gasteiger partial charge in [0.05, 0.1) is 30.9 Å². The van der Waals surface area contributed by atoms with E-state index in [-0.39, 0.29) is 28.4 Å². The molecule has 222 valence electrons. The number of nitrogens with zero attached hydrogens (tertiary/aromatic N) is 3. The van der Waals surface area contributed by atoms with Crippen LogP contribution in [-0.4, -0.2) is 86.1 Å². The monoisotopic (exact) mass is 592 g/mol. The predicted octanol–water partition coefficient (Wildman–Crippen LogP) is 3.78. The third kappa shape index (κ3) is 7.07. The first-order valence-corrected chi connectivity index (χ1v) is 15.6. The molecule has 1 saturated carbocycles. The molecule has 1 saturated heterocycles. The van der Waals surface area contributed by atoms with Crippen LogP contribution in [0.2, 0.25) is 0 Å². The molecule has 1 aliphatic heterocycles. The first-order chi connectivity index (χ1) is 19.6. The average Bonchev–Trinajstić information content (AvgIpc) is 3.65. The van der Waals surface area contributed by atoms with E-state index in [2.05, 4.69) is 15.2 Å². The lowest BCUT2D eigenvalue weighted by molar-refractivity contribution is -0.0502. The van der Waals surface area contributed by atoms with Crippen molar-refractivity contribution >= 4 is 21.4 Å². The van der Waals surface area contributed by atoms with E-state index in [1.54, 1.807) is 35.0 Å². The summed E-state index contributed by atoms with van der Waals surface area (Å²) in [5.41, 5.74) is 1.59. The number of imidazole rings is 1. The molecule has 1 aliphatic carbocycles. The number of carbonyl (C=O) groups excluding carboxylic acids is 1. The van der Waals surface area contributed by atoms with Crippen molar-refractivity contribution in [2.75, 3.05) is 39.6 Å². The van der Waals surface area contributed by atoms with Crippen LogP contribution in [0.4, 0.5) is 8.78 Å². The normalized spacial score (nSPS) is 16.7. The molecule has 0 radical (unpaired) electrons. The molecule has 41 heavy (non-hydrogen) atoms. The molecular weight excluding hydrogens is 558 g/mol. The zero-order valence-corrected chi connectivity index (χ0v) is 23.8. The molecule has 0 bridgehead atoms. The summed E-state index contributed by atoms with van der Waals surface area (Å²) >= 11 is 0. The van der Waals surface area contributed by atoms with E-state index in [4.69, 9.17) is 14.2 Å². The van der Waals surface area contributed by atoms with Gasteiger partial charge in [0.25, 0.3) is 5.91 Å². The van der Waals surface area contributed by atoms with Crippen molar-refractivity contribution < 1.29 is 36.2 Å². The zero-order valence-electron chi connectivity index (χ0n) is 23.0. The van der Waals surface area contributed by atoms with Gasteiger partial charge in [0, 0.05) is 36.7 Å². The highest BCUT2D eigenvalue weighted by atomic mass is 32.2. The first kappa shape index (κ1) is 29.1. The minimum atomic E-state index is -3.12. The second-order valence-electron chi connectivity index (χ2n) is 10.5. The minimum Gasteiger partial charge on any atom is -0.496 e. The summed E-state index contributed by atoms with van der Waals surface area (Å²) in [5, 5.41) is 2.55. The van der Waals surface area contributed by atoms with Crippen LogP contribution in [0.15, 0.2) is 36.7 Å². The van der Waals surface area contributed by atoms with E-state index >= 15 is 0 Å². The van der Waals surface area contributed by atoms with Crippen LogP contribution < -0.4 is 19.5 Å². The van der Waals surface area contributed by atoms with Crippen LogP contribution >= 0.6 is 0 Å². The SMILES string of the molecule is COc1cc(-c2cnc3cc(OCCCN4CCC(S(C)(=O)=O)CC4)ccn23)cc(OC(F)F)c1C(=O)NC1CC1. The van der Waals surface area contributed by atoms with Crippen molar-refractivity contribution in [2.45, 2.75) is 50.0 Å². The second kappa shape index (κ2) is 12.2. The van der Waals surface area contributed by atoms with Gasteiger partial charge in [-0.3, -0.25) is 9.20 Å². The molecule has 2 aromatic heterocycles. The van der Waals surface area contributed by atoms with Crippen LogP contribution in [0.5, 0.6) is 17.2 Å². The molecule has 1 amide bonds. The summed E-state index contributed by atoms with van der Waals surface area (Å²) in [4.78, 5) is 19.5. The molecule has 13 heteroatoms. The fraction of sp³-hybridized carbons (Fsp3) is 0.500. The number of amides is 1. The summed E-state index contributed by atoms with van der Waals surface area (Å²) < 4.78 is 67.9. The second-order valence-corrected chi connectivity index (χ2v) is 12.8. The van der Waals surface area contributed by atoms with Crippen LogP contribution in [0.1, 0.15) is 42.5 Å². The molecule has 0 unspecified atom stereocenters. The van der Waals surface area contributed by atoms with E-state index < -0.39 is 22.4 Å². The number of hydrogen-bond donors (Lipinski definition) is 1. The van der Waals surface area contributed by atoms with Crippen molar-refractivity contribution in [3.63, 3.8) is 0 Å². The highest BCUT2D eigenvalue weighted by molar-refractivity contribution is 7.91. The highest BCUT2D eigenvalue weighted by Gasteiger charge is 2.29. The van der Waals surface area contributed by atoms with Crippen molar-refractivity contribution in [1.82, 2.24) is 19.6 Å². The molecule has 0 spiro atoms. The van der Waals surface area contributed by atoms with Crippen LogP contribution in [-0.2, 0) is 9.84 Å². The fourth-order valence-electron chi connectivity index (χ4n) is 5.10. The van der Waals surface area contributed by atoms with E-state index in [0.717, 1.165) is 38.9 Å². The topological polar surface area (TPSA) is 111 Å². The number of pyridine rings is 1. The molecule has 2 fully saturated rings. The Kier molecular flexibility index (Phi) is 8.64. The Hall–Kier alpha value is -3.45. The van der Waals surface area contributed by atoms with Gasteiger partial charge in [-0.1, -0.05) is 0 Å². The summed E-state index contributed by atoms with van der Waals surface area (Å²) in [6, 6.07) is 6.60. The first-order valence-electron chi connectivity index (χ1n) is 13.6. The molecule has 1 aromatic carbocycles. The zero-order chi connectivity index (χ0) is 29.1. The largest absolute Gasteiger partial charge is 0.496 e. The number of nitrogens with one attached hydrogen (secondary N) is 1. The maximum absolute atomic E-state index is 13.3. The third-order valence-electron chi connectivity index (χ3n) is 7.45. The van der Waals surface area contributed by atoms with E-state index in [1.165, 1.54) is 19.4 Å². The Morgan fingerprint density at radius 1 is 1.15 bits per heavy atom. The van der Waals surface area contributed by atoms with Crippen LogP contribution in [0, 0.1) is 0 Å². The number of benzene rings is 1. The molecule has 3 heterocycles. The summed E-state index contributed by atoms with van der Waals surface area (Å²) in [7, 11) is -1.61. The van der Waals surface area contributed by atoms with Gasteiger partial charge in [0.1, 0.15) is 38.3 Å². The predicted molar refractivity (Wildman–Crippen MR) is 149 cm³/mol. The number of sulfone groups is 1. The summed E-state index contributed by atoms with van der Waals surface area (Å²) in [6.45, 7) is -0.274. The number of likely N-dealkylation sites (tertiary alicyclic amines) is 1. The number of alkyl halides is 2. The molecule has 1 N–H and O–H groups in total. The minimum absolute atomic E-state index is 0.0286. The number of fused-ring (bicyclic) bond motifs is 1. The number of rotatable bonds is 12. The Labute approximate surface area is 237 Å². The van der Waals surface area contributed by atoms with Crippen molar-refractivity contribution in [3.8, 4) is 28.5 Å². The maximum atomic E-state index is 13.3. The van der Waals surface area contributed by atoms with Crippen molar-refractivity contribution in [2.24, 2.45) is 0 Å². The standard InChI is InChI=1S/C28H34F2N4O6S/c1-38-23-14-18(15-24(40-28(29)30)26(23)27(35)32-19-4-5-19)22-17-31-25-16-20(6-12-34(22)25)39-13-3-9-33-10-7-21(8-11-33)41(2,36)37/h6,12,14-17,19,21,28H,3-5,7-11,13H2,1-2H3,(H,32,35). The van der Waals surface area contributed by atoms with Gasteiger partial charge in [-0.15, -0.1) is 0 Å². The number of hydrogen-bond acceptors (Lipinski definition) is 8. The van der Waals surface area contributed by atoms with Gasteiger partial charge >= 0.3 is 6.61 Å². The van der Waals surface area contributed by atoms with E-state index in [0.29, 0.717) is 42.1 Å². The Balaban J connectivity index is 1.26. The van der Waals surface area contributed by atoms with Crippen molar-refractivity contribution in [3.05, 3.63) is 42.2 Å². The number of aromatic nitrogens is 2. The number of carbonyl (C=O) groups is 1. The average molecular weight is 593 g/mol. The Morgan fingerprint density at radius 2 is 1.88 bits per heavy atom. The van der Waals surface area contributed by atoms with Crippen molar-refractivity contribution in [1.29, 1.82) is 0 Å². The lowest BCUT2D eigenvalue weighted by Crippen LogP contribution is -2.39. The summed E-state index contributed by atoms with van der Waals surface area (Å²) in [5.74, 6) is -0.0450. The smallest absolute Gasteiger partial charge is 0.387 e. The Morgan fingerprint density at radius 3 is 2.54 bits per heavy atom. The fourth-order valence-corrected chi connectivity index (χ4v) is 6.17. The Bertz CT molecular complexity index is 1500. The van der Waals surface area contributed by atoms with E-state index in [9.17, 15) is 22.0 Å². The van der Waals surface area contributed by atoms with Gasteiger partial charge < -0.3 is 24.4 Å². The van der Waals surface area contributed by atoms with Gasteiger partial charge in [0.15, 0.2) is 0 Å². The van der Waals surface area contributed by atoms with Gasteiger partial charge in [-0.05, 0) is 63.4 Å². The number of methoxy groups -OCH3 is 1. The number of halogens is 2. The molecule has 2 aliphatic rings. The van der Waals surface area contributed by atoms with Crippen LogP contribution in [0.3, 0.4) is 0 Å². The molecule has 10 nitrogen and oxygen atoms in total. The van der Waals surface area contributed by atoms with Gasteiger partial charge in [-0.2, -0.15) is 8.78 Å². The number of piperidine rings is 1. The maximum Gasteiger partial charge on any atom is 0.387 e. The number of ether oxygens (including phenoxy) is 3. The lowest BCUT2D eigenvalue weighted by atomic mass is 10.1. The van der Waals surface area contributed by atoms with E-state index in [1.807, 2.05) is 0 Å². The molecule has 3 aromatic rings. The third-order valence-corrected chi connectivity index (χ3v) is 9.13. The summed E-state index contributed by atoms with van der Waals surface area (Å²) in [6.07, 6.45) is 8.49. The van der Waals surface area contributed by atoms with Gasteiger partial charge in [-0.25, -0.2) is 13.4 Å². The quantitative estimate of drug-likeness (QED) is 0.317. The van der Waals surface area contributed by atoms with Gasteiger partial charge in [0.2, 0.25) is 0 Å². The molecular formula is C28H34F2N4O6S. The molecule has 5 rings (SSSR count). The highest BCUT2D eigenvalue weighted by Crippen LogP contribution is 2.37. The van der Waals surface area contributed by atoms with Crippen LogP contribution in [0.25, 0.3) is 16.9 Å². The lowest BCUT2D eigenvalue weighted by Gasteiger charge is -2.30. The molecule has 0 atom stereocenters.